The van der Waals surface area contributed by atoms with Gasteiger partial charge in [-0.15, -0.1) is 12.4 Å². The van der Waals surface area contributed by atoms with Crippen LogP contribution in [0.2, 0.25) is 0 Å². The Bertz CT molecular complexity index is 358. The van der Waals surface area contributed by atoms with Gasteiger partial charge >= 0.3 is 0 Å². The fraction of sp³-hybridized carbons (Fsp3) is 0.625. The highest BCUT2D eigenvalue weighted by molar-refractivity contribution is 5.85. The third kappa shape index (κ3) is 4.79. The number of nitrogens with one attached hydrogen (secondary N) is 1. The van der Waals surface area contributed by atoms with Crippen molar-refractivity contribution in [2.24, 2.45) is 5.92 Å². The van der Waals surface area contributed by atoms with Gasteiger partial charge in [-0.2, -0.15) is 0 Å². The van der Waals surface area contributed by atoms with Crippen LogP contribution in [0.3, 0.4) is 0 Å². The van der Waals surface area contributed by atoms with Crippen LogP contribution < -0.4 is 5.32 Å². The molecule has 0 radical (unpaired) electrons. The van der Waals surface area contributed by atoms with E-state index in [0.717, 1.165) is 5.92 Å². The first kappa shape index (κ1) is 16.5. The smallest absolute Gasteiger partial charge is 0.0316 e. The highest BCUT2D eigenvalue weighted by Gasteiger charge is 2.18. The van der Waals surface area contributed by atoms with Gasteiger partial charge in [-0.1, -0.05) is 29.8 Å². The van der Waals surface area contributed by atoms with Crippen LogP contribution in [0, 0.1) is 12.8 Å². The van der Waals surface area contributed by atoms with Crippen LogP contribution in [0.5, 0.6) is 0 Å². The Kier molecular flexibility index (Phi) is 6.84. The lowest BCUT2D eigenvalue weighted by atomic mass is 9.97. The van der Waals surface area contributed by atoms with Gasteiger partial charge in [-0.25, -0.2) is 0 Å². The zero-order valence-corrected chi connectivity index (χ0v) is 13.2. The molecule has 2 rings (SSSR count). The molecule has 1 aromatic rings. The third-order valence-corrected chi connectivity index (χ3v) is 4.17. The summed E-state index contributed by atoms with van der Waals surface area (Å²) in [5, 5.41) is 3.50. The van der Waals surface area contributed by atoms with Crippen molar-refractivity contribution in [1.29, 1.82) is 0 Å². The summed E-state index contributed by atoms with van der Waals surface area (Å²) in [6.07, 6.45) is 2.70. The zero-order valence-electron chi connectivity index (χ0n) is 12.4. The van der Waals surface area contributed by atoms with Gasteiger partial charge in [0.1, 0.15) is 0 Å². The van der Waals surface area contributed by atoms with E-state index < -0.39 is 0 Å². The summed E-state index contributed by atoms with van der Waals surface area (Å²) in [6.45, 7) is 8.04. The number of rotatable bonds is 4. The molecule has 1 saturated heterocycles. The van der Waals surface area contributed by atoms with Crippen LogP contribution in [0.25, 0.3) is 0 Å². The van der Waals surface area contributed by atoms with Crippen molar-refractivity contribution >= 4 is 12.4 Å². The van der Waals surface area contributed by atoms with Gasteiger partial charge in [-0.3, -0.25) is 4.90 Å². The SMILES string of the molecule is Cc1ccc(C(C)N(C)CC2CCCNC2)cc1.Cl. The van der Waals surface area contributed by atoms with E-state index >= 15 is 0 Å². The first-order valence-corrected chi connectivity index (χ1v) is 7.14. The molecule has 0 saturated carbocycles. The first-order chi connectivity index (χ1) is 8.66. The van der Waals surface area contributed by atoms with Crippen molar-refractivity contribution in [3.8, 4) is 0 Å². The second-order valence-electron chi connectivity index (χ2n) is 5.74. The van der Waals surface area contributed by atoms with Gasteiger partial charge in [-0.05, 0) is 58.3 Å². The van der Waals surface area contributed by atoms with Crippen molar-refractivity contribution in [1.82, 2.24) is 10.2 Å². The summed E-state index contributed by atoms with van der Waals surface area (Å²) in [4.78, 5) is 2.49. The van der Waals surface area contributed by atoms with E-state index in [0.29, 0.717) is 6.04 Å². The lowest BCUT2D eigenvalue weighted by Crippen LogP contribution is -2.37. The standard InChI is InChI=1S/C16H26N2.ClH/c1-13-6-8-16(9-7-13)14(2)18(3)12-15-5-4-10-17-11-15;/h6-9,14-15,17H,4-5,10-12H2,1-3H3;1H. The molecule has 2 atom stereocenters. The number of benzene rings is 1. The number of piperidine rings is 1. The molecule has 2 nitrogen and oxygen atoms in total. The molecule has 0 spiro atoms. The van der Waals surface area contributed by atoms with Gasteiger partial charge in [0.15, 0.2) is 0 Å². The molecular weight excluding hydrogens is 256 g/mol. The fourth-order valence-electron chi connectivity index (χ4n) is 2.74. The largest absolute Gasteiger partial charge is 0.316 e. The molecule has 1 N–H and O–H groups in total. The van der Waals surface area contributed by atoms with Crippen LogP contribution in [0.4, 0.5) is 0 Å². The number of hydrogen-bond donors (Lipinski definition) is 1. The quantitative estimate of drug-likeness (QED) is 0.910. The monoisotopic (exact) mass is 282 g/mol. The van der Waals surface area contributed by atoms with E-state index in [-0.39, 0.29) is 12.4 Å². The number of nitrogens with zero attached hydrogens (tertiary/aromatic N) is 1. The molecule has 0 bridgehead atoms. The Morgan fingerprint density at radius 3 is 2.58 bits per heavy atom. The van der Waals surface area contributed by atoms with Gasteiger partial charge in [0.2, 0.25) is 0 Å². The second-order valence-corrected chi connectivity index (χ2v) is 5.74. The van der Waals surface area contributed by atoms with E-state index in [1.54, 1.807) is 0 Å². The molecule has 19 heavy (non-hydrogen) atoms. The maximum atomic E-state index is 3.50. The Hall–Kier alpha value is -0.570. The number of hydrogen-bond acceptors (Lipinski definition) is 2. The van der Waals surface area contributed by atoms with Gasteiger partial charge in [0, 0.05) is 12.6 Å². The Labute approximate surface area is 124 Å². The molecule has 3 heteroatoms. The van der Waals surface area contributed by atoms with E-state index in [1.165, 1.54) is 43.6 Å². The summed E-state index contributed by atoms with van der Waals surface area (Å²) in [7, 11) is 2.25. The molecule has 1 aliphatic rings. The lowest BCUT2D eigenvalue weighted by molar-refractivity contribution is 0.199. The van der Waals surface area contributed by atoms with Crippen molar-refractivity contribution < 1.29 is 0 Å². The van der Waals surface area contributed by atoms with E-state index in [2.05, 4.69) is 55.4 Å². The van der Waals surface area contributed by atoms with Gasteiger partial charge < -0.3 is 5.32 Å². The summed E-state index contributed by atoms with van der Waals surface area (Å²) in [5.41, 5.74) is 2.76. The van der Waals surface area contributed by atoms with Crippen LogP contribution >= 0.6 is 12.4 Å². The van der Waals surface area contributed by atoms with E-state index in [4.69, 9.17) is 0 Å². The van der Waals surface area contributed by atoms with Crippen molar-refractivity contribution in [3.63, 3.8) is 0 Å². The molecule has 1 aromatic carbocycles. The van der Waals surface area contributed by atoms with Crippen LogP contribution in [0.15, 0.2) is 24.3 Å². The maximum absolute atomic E-state index is 3.50. The average Bonchev–Trinajstić information content (AvgIpc) is 2.40. The van der Waals surface area contributed by atoms with Gasteiger partial charge in [0.25, 0.3) is 0 Å². The summed E-state index contributed by atoms with van der Waals surface area (Å²) in [5.74, 6) is 0.816. The minimum atomic E-state index is 0. The second kappa shape index (κ2) is 7.88. The van der Waals surface area contributed by atoms with Crippen LogP contribution in [-0.4, -0.2) is 31.6 Å². The van der Waals surface area contributed by atoms with Crippen molar-refractivity contribution in [2.75, 3.05) is 26.7 Å². The average molecular weight is 283 g/mol. The molecule has 0 amide bonds. The summed E-state index contributed by atoms with van der Waals surface area (Å²) in [6, 6.07) is 9.45. The van der Waals surface area contributed by atoms with Gasteiger partial charge in [0.05, 0.1) is 0 Å². The molecule has 1 fully saturated rings. The predicted octanol–water partition coefficient (Wildman–Crippen LogP) is 3.41. The Balaban J connectivity index is 0.00000180. The molecule has 1 heterocycles. The minimum absolute atomic E-state index is 0. The number of aryl methyl sites for hydroxylation is 1. The third-order valence-electron chi connectivity index (χ3n) is 4.17. The normalized spacial score (nSPS) is 20.9. The fourth-order valence-corrected chi connectivity index (χ4v) is 2.74. The topological polar surface area (TPSA) is 15.3 Å². The zero-order chi connectivity index (χ0) is 13.0. The molecule has 2 unspecified atom stereocenters. The first-order valence-electron chi connectivity index (χ1n) is 7.14. The Morgan fingerprint density at radius 1 is 1.32 bits per heavy atom. The molecule has 1 aliphatic heterocycles. The van der Waals surface area contributed by atoms with Crippen LogP contribution in [0.1, 0.15) is 36.9 Å². The Morgan fingerprint density at radius 2 is 2.00 bits per heavy atom. The highest BCUT2D eigenvalue weighted by Crippen LogP contribution is 2.21. The van der Waals surface area contributed by atoms with E-state index in [1.807, 2.05) is 0 Å². The molecule has 0 aromatic heterocycles. The van der Waals surface area contributed by atoms with Crippen LogP contribution in [-0.2, 0) is 0 Å². The molecule has 0 aliphatic carbocycles. The number of halogens is 1. The summed E-state index contributed by atoms with van der Waals surface area (Å²) >= 11 is 0. The lowest BCUT2D eigenvalue weighted by Gasteiger charge is -2.31. The van der Waals surface area contributed by atoms with Crippen molar-refractivity contribution in [2.45, 2.75) is 32.7 Å². The summed E-state index contributed by atoms with van der Waals surface area (Å²) < 4.78 is 0. The molecule has 108 valence electrons. The highest BCUT2D eigenvalue weighted by atomic mass is 35.5. The molecular formula is C16H27ClN2. The maximum Gasteiger partial charge on any atom is 0.0316 e. The predicted molar refractivity (Wildman–Crippen MR) is 85.1 cm³/mol. The van der Waals surface area contributed by atoms with Crippen molar-refractivity contribution in [3.05, 3.63) is 35.4 Å². The van der Waals surface area contributed by atoms with E-state index in [9.17, 15) is 0 Å². The minimum Gasteiger partial charge on any atom is -0.316 e.